The summed E-state index contributed by atoms with van der Waals surface area (Å²) in [5, 5.41) is 4.08. The molecular weight excluding hydrogens is 244 g/mol. The lowest BCUT2D eigenvalue weighted by Gasteiger charge is -2.40. The van der Waals surface area contributed by atoms with Crippen molar-refractivity contribution in [2.75, 3.05) is 13.1 Å². The van der Waals surface area contributed by atoms with E-state index in [2.05, 4.69) is 10.2 Å². The van der Waals surface area contributed by atoms with E-state index in [0.717, 1.165) is 23.5 Å². The number of piperidine rings is 1. The van der Waals surface area contributed by atoms with Crippen molar-refractivity contribution >= 4 is 0 Å². The van der Waals surface area contributed by atoms with E-state index >= 15 is 0 Å². The molecule has 0 bridgehead atoms. The Hall–Kier alpha value is -0.0800. The number of nitrogens with zero attached hydrogens (tertiary/aromatic N) is 1. The third kappa shape index (κ3) is 2.54. The lowest BCUT2D eigenvalue weighted by atomic mass is 9.71. The number of nitrogens with one attached hydrogen (secondary N) is 1. The second-order valence-electron chi connectivity index (χ2n) is 8.14. The summed E-state index contributed by atoms with van der Waals surface area (Å²) in [6.07, 6.45) is 17.8. The Morgan fingerprint density at radius 2 is 1.55 bits per heavy atom. The molecular formula is C18H32N2. The lowest BCUT2D eigenvalue weighted by molar-refractivity contribution is 0.143. The molecule has 0 amide bonds. The third-order valence-corrected chi connectivity index (χ3v) is 7.02. The highest BCUT2D eigenvalue weighted by molar-refractivity contribution is 4.97. The highest BCUT2D eigenvalue weighted by Gasteiger charge is 2.40. The Morgan fingerprint density at radius 3 is 2.35 bits per heavy atom. The maximum absolute atomic E-state index is 4.08. The van der Waals surface area contributed by atoms with Crippen molar-refractivity contribution in [3.8, 4) is 0 Å². The van der Waals surface area contributed by atoms with E-state index in [-0.39, 0.29) is 0 Å². The van der Waals surface area contributed by atoms with Gasteiger partial charge in [0.25, 0.3) is 0 Å². The van der Waals surface area contributed by atoms with Crippen LogP contribution in [-0.2, 0) is 0 Å². The molecule has 1 spiro atoms. The van der Waals surface area contributed by atoms with Gasteiger partial charge >= 0.3 is 0 Å². The third-order valence-electron chi connectivity index (χ3n) is 7.02. The molecule has 4 aliphatic rings. The molecule has 114 valence electrons. The summed E-state index contributed by atoms with van der Waals surface area (Å²) in [5.41, 5.74) is 0.796. The summed E-state index contributed by atoms with van der Waals surface area (Å²) in [6, 6.07) is 2.54. The fraction of sp³-hybridized carbons (Fsp3) is 1.00. The summed E-state index contributed by atoms with van der Waals surface area (Å²) >= 11 is 0. The Balaban J connectivity index is 1.30. The van der Waals surface area contributed by atoms with Gasteiger partial charge < -0.3 is 5.32 Å². The van der Waals surface area contributed by atoms with Crippen molar-refractivity contribution in [1.82, 2.24) is 10.2 Å². The van der Waals surface area contributed by atoms with Crippen LogP contribution < -0.4 is 5.32 Å². The summed E-state index contributed by atoms with van der Waals surface area (Å²) in [7, 11) is 0. The molecule has 0 aromatic carbocycles. The molecule has 2 heterocycles. The van der Waals surface area contributed by atoms with Crippen LogP contribution in [0.2, 0.25) is 0 Å². The molecule has 1 N–H and O–H groups in total. The van der Waals surface area contributed by atoms with Gasteiger partial charge in [-0.3, -0.25) is 4.90 Å². The molecule has 2 saturated carbocycles. The molecule has 20 heavy (non-hydrogen) atoms. The van der Waals surface area contributed by atoms with E-state index in [9.17, 15) is 0 Å². The molecule has 2 aliphatic heterocycles. The average Bonchev–Trinajstić information content (AvgIpc) is 3.10. The molecule has 2 unspecified atom stereocenters. The van der Waals surface area contributed by atoms with Crippen molar-refractivity contribution in [3.05, 3.63) is 0 Å². The minimum atomic E-state index is 0.796. The smallest absolute Gasteiger partial charge is 0.0249 e. The monoisotopic (exact) mass is 276 g/mol. The molecule has 0 aromatic rings. The zero-order valence-corrected chi connectivity index (χ0v) is 13.1. The Kier molecular flexibility index (Phi) is 3.80. The summed E-state index contributed by atoms with van der Waals surface area (Å²) in [6.45, 7) is 2.73. The topological polar surface area (TPSA) is 15.3 Å². The van der Waals surface area contributed by atoms with Gasteiger partial charge in [0.15, 0.2) is 0 Å². The van der Waals surface area contributed by atoms with Crippen molar-refractivity contribution in [2.24, 2.45) is 5.41 Å². The predicted octanol–water partition coefficient (Wildman–Crippen LogP) is 3.71. The highest BCUT2D eigenvalue weighted by Crippen LogP contribution is 2.49. The van der Waals surface area contributed by atoms with E-state index in [1.807, 2.05) is 0 Å². The molecule has 4 fully saturated rings. The van der Waals surface area contributed by atoms with Gasteiger partial charge in [-0.05, 0) is 69.7 Å². The first-order valence-electron chi connectivity index (χ1n) is 9.35. The van der Waals surface area contributed by atoms with Crippen LogP contribution in [0, 0.1) is 5.41 Å². The molecule has 2 aliphatic carbocycles. The zero-order valence-electron chi connectivity index (χ0n) is 13.1. The molecule has 0 radical (unpaired) electrons. The molecule has 2 nitrogen and oxygen atoms in total. The quantitative estimate of drug-likeness (QED) is 0.827. The lowest BCUT2D eigenvalue weighted by Crippen LogP contribution is -2.49. The van der Waals surface area contributed by atoms with Gasteiger partial charge in [-0.2, -0.15) is 0 Å². The van der Waals surface area contributed by atoms with Gasteiger partial charge in [-0.15, -0.1) is 0 Å². The van der Waals surface area contributed by atoms with E-state index < -0.39 is 0 Å². The van der Waals surface area contributed by atoms with Crippen molar-refractivity contribution in [2.45, 2.75) is 95.2 Å². The largest absolute Gasteiger partial charge is 0.310 e. The predicted molar refractivity (Wildman–Crippen MR) is 83.9 cm³/mol. The van der Waals surface area contributed by atoms with Gasteiger partial charge in [0.2, 0.25) is 0 Å². The first-order valence-corrected chi connectivity index (χ1v) is 9.35. The molecule has 4 rings (SSSR count). The van der Waals surface area contributed by atoms with Crippen LogP contribution in [0.15, 0.2) is 0 Å². The normalized spacial score (nSPS) is 38.4. The summed E-state index contributed by atoms with van der Waals surface area (Å²) in [5.74, 6) is 0. The highest BCUT2D eigenvalue weighted by atomic mass is 15.2. The minimum Gasteiger partial charge on any atom is -0.310 e. The van der Waals surface area contributed by atoms with Gasteiger partial charge in [-0.25, -0.2) is 0 Å². The first kappa shape index (κ1) is 13.6. The maximum Gasteiger partial charge on any atom is 0.0249 e. The van der Waals surface area contributed by atoms with E-state index in [0.29, 0.717) is 0 Å². The number of hydrogen-bond donors (Lipinski definition) is 1. The van der Waals surface area contributed by atoms with Crippen LogP contribution in [-0.4, -0.2) is 36.1 Å². The van der Waals surface area contributed by atoms with Gasteiger partial charge in [-0.1, -0.05) is 19.3 Å². The minimum absolute atomic E-state index is 0.796. The van der Waals surface area contributed by atoms with Crippen LogP contribution in [0.25, 0.3) is 0 Å². The van der Waals surface area contributed by atoms with E-state index in [4.69, 9.17) is 0 Å². The molecule has 2 heteroatoms. The summed E-state index contributed by atoms with van der Waals surface area (Å²) in [4.78, 5) is 2.77. The number of rotatable bonds is 2. The van der Waals surface area contributed by atoms with Crippen LogP contribution in [0.1, 0.15) is 77.0 Å². The van der Waals surface area contributed by atoms with Crippen LogP contribution >= 0.6 is 0 Å². The standard InChI is InChI=1S/C18H32N2/c1-4-13-20-14-8-16(17(20)5-1)19-15-6-11-18(12-7-15)9-2-3-10-18/h15-17,19H,1-14H2. The second-order valence-corrected chi connectivity index (χ2v) is 8.14. The Morgan fingerprint density at radius 1 is 0.750 bits per heavy atom. The average molecular weight is 276 g/mol. The van der Waals surface area contributed by atoms with Crippen LogP contribution in [0.4, 0.5) is 0 Å². The van der Waals surface area contributed by atoms with E-state index in [1.54, 1.807) is 12.8 Å². The molecule has 2 atom stereocenters. The number of hydrogen-bond acceptors (Lipinski definition) is 2. The van der Waals surface area contributed by atoms with Gasteiger partial charge in [0.1, 0.15) is 0 Å². The Bertz CT molecular complexity index is 324. The van der Waals surface area contributed by atoms with Gasteiger partial charge in [0, 0.05) is 24.7 Å². The maximum atomic E-state index is 4.08. The summed E-state index contributed by atoms with van der Waals surface area (Å²) < 4.78 is 0. The van der Waals surface area contributed by atoms with Crippen molar-refractivity contribution in [3.63, 3.8) is 0 Å². The van der Waals surface area contributed by atoms with E-state index in [1.165, 1.54) is 77.3 Å². The SMILES string of the molecule is C1CCN2CCC(NC3CCC4(CCCC4)CC3)C2C1. The number of fused-ring (bicyclic) bond motifs is 1. The van der Waals surface area contributed by atoms with Crippen molar-refractivity contribution in [1.29, 1.82) is 0 Å². The zero-order chi connectivity index (χ0) is 13.4. The second kappa shape index (κ2) is 5.61. The molecule has 0 aromatic heterocycles. The van der Waals surface area contributed by atoms with Crippen LogP contribution in [0.3, 0.4) is 0 Å². The van der Waals surface area contributed by atoms with Crippen LogP contribution in [0.5, 0.6) is 0 Å². The van der Waals surface area contributed by atoms with Gasteiger partial charge in [0.05, 0.1) is 0 Å². The van der Waals surface area contributed by atoms with Crippen molar-refractivity contribution < 1.29 is 0 Å². The first-order chi connectivity index (χ1) is 9.85. The molecule has 2 saturated heterocycles. The fourth-order valence-electron chi connectivity index (χ4n) is 5.77. The fourth-order valence-corrected chi connectivity index (χ4v) is 5.77. The Labute approximate surface area is 124 Å².